The molecule has 0 saturated carbocycles. The van der Waals surface area contributed by atoms with E-state index < -0.39 is 0 Å². The summed E-state index contributed by atoms with van der Waals surface area (Å²) in [5, 5.41) is 2.34. The highest BCUT2D eigenvalue weighted by Gasteiger charge is 2.36. The zero-order valence-electron chi connectivity index (χ0n) is 24.7. The highest BCUT2D eigenvalue weighted by Crippen LogP contribution is 2.55. The number of carbonyl (C=O) groups excluding carboxylic acids is 1. The van der Waals surface area contributed by atoms with Crippen LogP contribution in [0.1, 0.15) is 110 Å². The van der Waals surface area contributed by atoms with Crippen LogP contribution in [-0.4, -0.2) is 5.78 Å². The van der Waals surface area contributed by atoms with Crippen LogP contribution in [0.15, 0.2) is 60.0 Å². The Balaban J connectivity index is 1.32. The van der Waals surface area contributed by atoms with Crippen LogP contribution < -0.4 is 0 Å². The Morgan fingerprint density at radius 3 is 2.14 bits per heavy atom. The van der Waals surface area contributed by atoms with E-state index >= 15 is 0 Å². The van der Waals surface area contributed by atoms with Crippen molar-refractivity contribution in [1.82, 2.24) is 0 Å². The molecule has 0 N–H and O–H groups in total. The largest absolute Gasteiger partial charge is 0.288 e. The van der Waals surface area contributed by atoms with Crippen molar-refractivity contribution in [2.75, 3.05) is 0 Å². The van der Waals surface area contributed by atoms with Gasteiger partial charge in [-0.2, -0.15) is 0 Å². The van der Waals surface area contributed by atoms with E-state index in [1.165, 1.54) is 79.8 Å². The molecular weight excluding hydrogens is 589 g/mol. The fourth-order valence-electron chi connectivity index (χ4n) is 7.48. The highest BCUT2D eigenvalue weighted by molar-refractivity contribution is 7.29. The predicted octanol–water partition coefficient (Wildman–Crippen LogP) is 13.1. The summed E-state index contributed by atoms with van der Waals surface area (Å²) in [6, 6.07) is 20.1. The molecule has 5 heteroatoms. The molecule has 1 aromatic carbocycles. The number of thiophene rings is 4. The molecule has 42 heavy (non-hydrogen) atoms. The molecule has 1 aliphatic heterocycles. The first-order chi connectivity index (χ1) is 20.6. The van der Waals surface area contributed by atoms with Crippen LogP contribution in [0.25, 0.3) is 40.4 Å². The number of rotatable bonds is 9. The van der Waals surface area contributed by atoms with Gasteiger partial charge < -0.3 is 0 Å². The lowest BCUT2D eigenvalue weighted by atomic mass is 9.70. The van der Waals surface area contributed by atoms with Gasteiger partial charge in [0.1, 0.15) is 0 Å². The van der Waals surface area contributed by atoms with Crippen molar-refractivity contribution < 1.29 is 4.79 Å². The molecule has 0 spiro atoms. The third kappa shape index (κ3) is 4.81. The molecule has 216 valence electrons. The summed E-state index contributed by atoms with van der Waals surface area (Å²) in [7, 11) is 0. The molecule has 7 rings (SSSR count). The lowest BCUT2D eigenvalue weighted by molar-refractivity contribution is 0.104. The van der Waals surface area contributed by atoms with Gasteiger partial charge in [0.15, 0.2) is 0 Å². The Morgan fingerprint density at radius 2 is 1.36 bits per heavy atom. The minimum absolute atomic E-state index is 0.188. The molecule has 0 amide bonds. The standard InChI is InChI=1S/C37H38OS4/c1-4-7-8-9-10-13-24-22(5-2)23(6-3)28-20-32(33-21-29-25-14-11-12-15-26(25)34(38)37(29)42-33)41-36(28)31-17-16-30(40-31)35-27(24)18-19-39-35/h11-12,14-24H,4-10,13H2,1-3H3. The number of benzene rings is 1. The molecule has 1 nitrogen and oxygen atoms in total. The van der Waals surface area contributed by atoms with Crippen molar-refractivity contribution in [1.29, 1.82) is 0 Å². The van der Waals surface area contributed by atoms with E-state index in [4.69, 9.17) is 0 Å². The second-order valence-corrected chi connectivity index (χ2v) is 16.0. The molecule has 3 unspecified atom stereocenters. The smallest absolute Gasteiger partial charge is 0.204 e. The Bertz CT molecular complexity index is 1730. The van der Waals surface area contributed by atoms with Crippen LogP contribution in [0.3, 0.4) is 0 Å². The summed E-state index contributed by atoms with van der Waals surface area (Å²) in [6.07, 6.45) is 10.3. The van der Waals surface area contributed by atoms with Crippen LogP contribution in [0, 0.1) is 5.92 Å². The van der Waals surface area contributed by atoms with Gasteiger partial charge in [-0.1, -0.05) is 83.6 Å². The van der Waals surface area contributed by atoms with Crippen LogP contribution in [-0.2, 0) is 0 Å². The molecule has 0 radical (unpaired) electrons. The van der Waals surface area contributed by atoms with E-state index in [-0.39, 0.29) is 5.78 Å². The fraction of sp³-hybridized carbons (Fsp3) is 0.378. The molecule has 5 aromatic rings. The molecule has 0 saturated heterocycles. The maximum absolute atomic E-state index is 13.2. The van der Waals surface area contributed by atoms with Gasteiger partial charge in [-0.3, -0.25) is 4.79 Å². The SMILES string of the molecule is CCCCCCCC1c2ccsc2-c2ccc(s2)-c2sc(-c3cc4c(s3)C(=O)c3ccccc3-4)cc2C(CC)C1CC. The number of hydrogen-bond donors (Lipinski definition) is 0. The predicted molar refractivity (Wildman–Crippen MR) is 186 cm³/mol. The van der Waals surface area contributed by atoms with Gasteiger partial charge in [0, 0.05) is 40.4 Å². The van der Waals surface area contributed by atoms with Gasteiger partial charge in [-0.15, -0.1) is 45.3 Å². The summed E-state index contributed by atoms with van der Waals surface area (Å²) < 4.78 is 0. The topological polar surface area (TPSA) is 17.1 Å². The van der Waals surface area contributed by atoms with Crippen molar-refractivity contribution in [2.45, 2.75) is 84.0 Å². The Kier molecular flexibility index (Phi) is 8.13. The van der Waals surface area contributed by atoms with Gasteiger partial charge >= 0.3 is 0 Å². The molecule has 1 aliphatic carbocycles. The lowest BCUT2D eigenvalue weighted by Crippen LogP contribution is -2.21. The van der Waals surface area contributed by atoms with Crippen molar-refractivity contribution in [2.24, 2.45) is 5.92 Å². The summed E-state index contributed by atoms with van der Waals surface area (Å²) in [5.74, 6) is 1.90. The maximum Gasteiger partial charge on any atom is 0.204 e. The number of hydrogen-bond acceptors (Lipinski definition) is 5. The molecule has 2 aliphatic rings. The van der Waals surface area contributed by atoms with Gasteiger partial charge in [0.05, 0.1) is 4.88 Å². The molecular formula is C37H38OS4. The Hall–Kier alpha value is -2.31. The van der Waals surface area contributed by atoms with E-state index in [2.05, 4.69) is 62.5 Å². The minimum atomic E-state index is 0.188. The van der Waals surface area contributed by atoms with Crippen molar-refractivity contribution >= 4 is 51.1 Å². The first-order valence-corrected chi connectivity index (χ1v) is 19.1. The van der Waals surface area contributed by atoms with Gasteiger partial charge in [0.25, 0.3) is 0 Å². The quantitative estimate of drug-likeness (QED) is 0.146. The van der Waals surface area contributed by atoms with Gasteiger partial charge in [-0.25, -0.2) is 0 Å². The zero-order valence-corrected chi connectivity index (χ0v) is 28.0. The number of ketones is 1. The Labute approximate surface area is 266 Å². The second kappa shape index (κ2) is 12.0. The minimum Gasteiger partial charge on any atom is -0.288 e. The summed E-state index contributed by atoms with van der Waals surface area (Å²) in [4.78, 5) is 22.5. The lowest BCUT2D eigenvalue weighted by Gasteiger charge is -2.34. The van der Waals surface area contributed by atoms with Crippen molar-refractivity contribution in [3.05, 3.63) is 81.5 Å². The zero-order chi connectivity index (χ0) is 28.8. The second-order valence-electron chi connectivity index (χ2n) is 11.9. The van der Waals surface area contributed by atoms with E-state index in [1.807, 2.05) is 52.2 Å². The first-order valence-electron chi connectivity index (χ1n) is 15.7. The average Bonchev–Trinajstić information content (AvgIpc) is 3.83. The van der Waals surface area contributed by atoms with E-state index in [9.17, 15) is 4.79 Å². The Morgan fingerprint density at radius 1 is 0.619 bits per heavy atom. The molecule has 4 aromatic heterocycles. The summed E-state index contributed by atoms with van der Waals surface area (Å²) in [6.45, 7) is 7.14. The van der Waals surface area contributed by atoms with Crippen molar-refractivity contribution in [3.8, 4) is 40.4 Å². The molecule has 2 bridgehead atoms. The number of unbranched alkanes of at least 4 members (excludes halogenated alkanes) is 4. The fourth-order valence-corrected chi connectivity index (χ4v) is 12.2. The monoisotopic (exact) mass is 626 g/mol. The van der Waals surface area contributed by atoms with Crippen molar-refractivity contribution in [3.63, 3.8) is 0 Å². The summed E-state index contributed by atoms with van der Waals surface area (Å²) >= 11 is 7.55. The van der Waals surface area contributed by atoms with Crippen LogP contribution in [0.4, 0.5) is 0 Å². The summed E-state index contributed by atoms with van der Waals surface area (Å²) in [5.41, 5.74) is 6.20. The first kappa shape index (κ1) is 28.5. The van der Waals surface area contributed by atoms with Gasteiger partial charge in [-0.05, 0) is 83.0 Å². The van der Waals surface area contributed by atoms with E-state index in [0.29, 0.717) is 17.8 Å². The maximum atomic E-state index is 13.2. The molecule has 5 heterocycles. The molecule has 3 atom stereocenters. The number of carbonyl (C=O) groups is 1. The number of fused-ring (bicyclic) bond motifs is 9. The third-order valence-electron chi connectivity index (χ3n) is 9.52. The third-order valence-corrected chi connectivity index (χ3v) is 14.4. The highest BCUT2D eigenvalue weighted by atomic mass is 32.1. The van der Waals surface area contributed by atoms with Gasteiger partial charge in [0.2, 0.25) is 5.78 Å². The van der Waals surface area contributed by atoms with Crippen LogP contribution >= 0.6 is 45.3 Å². The van der Waals surface area contributed by atoms with E-state index in [0.717, 1.165) is 28.0 Å². The normalized spacial score (nSPS) is 18.9. The molecule has 0 fully saturated rings. The van der Waals surface area contributed by atoms with Crippen LogP contribution in [0.2, 0.25) is 0 Å². The average molecular weight is 627 g/mol. The van der Waals surface area contributed by atoms with E-state index in [1.54, 1.807) is 16.9 Å². The van der Waals surface area contributed by atoms with Crippen LogP contribution in [0.5, 0.6) is 0 Å².